The Morgan fingerprint density at radius 2 is 2.31 bits per heavy atom. The normalized spacial score (nSPS) is 15.5. The van der Waals surface area contributed by atoms with Crippen LogP contribution in [0.3, 0.4) is 0 Å². The highest BCUT2D eigenvalue weighted by molar-refractivity contribution is 7.80. The van der Waals surface area contributed by atoms with Gasteiger partial charge in [0, 0.05) is 19.8 Å². The molecule has 0 heterocycles. The molecule has 0 bridgehead atoms. The van der Waals surface area contributed by atoms with Crippen molar-refractivity contribution in [2.75, 3.05) is 19.8 Å². The Hall–Kier alpha value is -0.390. The summed E-state index contributed by atoms with van der Waals surface area (Å²) in [6.45, 7) is 2.55. The Kier molecular flexibility index (Phi) is 5.03. The first-order valence-electron chi connectivity index (χ1n) is 4.65. The van der Waals surface area contributed by atoms with Gasteiger partial charge >= 0.3 is 0 Å². The molecule has 0 atom stereocenters. The number of nitrogens with one attached hydrogen (secondary N) is 2. The molecule has 1 aliphatic rings. The van der Waals surface area contributed by atoms with Gasteiger partial charge in [-0.05, 0) is 37.4 Å². The molecular weight excluding hydrogens is 186 g/mol. The number of thiocarbonyl (C=S) groups is 1. The van der Waals surface area contributed by atoms with Gasteiger partial charge in [-0.2, -0.15) is 0 Å². The molecule has 1 aliphatic carbocycles. The van der Waals surface area contributed by atoms with Crippen molar-refractivity contribution in [3.05, 3.63) is 0 Å². The molecule has 1 saturated carbocycles. The summed E-state index contributed by atoms with van der Waals surface area (Å²) in [5.74, 6) is 5.92. The van der Waals surface area contributed by atoms with Gasteiger partial charge in [0.2, 0.25) is 0 Å². The molecule has 0 unspecified atom stereocenters. The van der Waals surface area contributed by atoms with Crippen LogP contribution < -0.4 is 16.6 Å². The van der Waals surface area contributed by atoms with Crippen LogP contribution in [-0.4, -0.2) is 24.9 Å². The highest BCUT2D eigenvalue weighted by Gasteiger charge is 2.20. The third kappa shape index (κ3) is 5.79. The summed E-state index contributed by atoms with van der Waals surface area (Å²) < 4.78 is 5.44. The summed E-state index contributed by atoms with van der Waals surface area (Å²) in [4.78, 5) is 0. The van der Waals surface area contributed by atoms with E-state index < -0.39 is 0 Å². The van der Waals surface area contributed by atoms with Gasteiger partial charge in [0.05, 0.1) is 0 Å². The van der Waals surface area contributed by atoms with Gasteiger partial charge in [0.15, 0.2) is 5.11 Å². The quantitative estimate of drug-likeness (QED) is 0.248. The second-order valence-electron chi connectivity index (χ2n) is 3.27. The molecular formula is C8H17N3OS. The highest BCUT2D eigenvalue weighted by atomic mass is 32.1. The molecule has 0 saturated heterocycles. The minimum Gasteiger partial charge on any atom is -0.381 e. The third-order valence-corrected chi connectivity index (χ3v) is 2.19. The Labute approximate surface area is 84.2 Å². The maximum Gasteiger partial charge on any atom is 0.180 e. The van der Waals surface area contributed by atoms with E-state index in [9.17, 15) is 0 Å². The number of rotatable bonds is 6. The lowest BCUT2D eigenvalue weighted by molar-refractivity contribution is 0.123. The lowest BCUT2D eigenvalue weighted by Gasteiger charge is -2.06. The molecule has 0 amide bonds. The van der Waals surface area contributed by atoms with Crippen molar-refractivity contribution in [1.82, 2.24) is 10.7 Å². The van der Waals surface area contributed by atoms with Gasteiger partial charge in [-0.3, -0.25) is 0 Å². The van der Waals surface area contributed by atoms with Gasteiger partial charge in [-0.1, -0.05) is 0 Å². The van der Waals surface area contributed by atoms with Crippen LogP contribution in [-0.2, 0) is 4.74 Å². The maximum atomic E-state index is 5.44. The second-order valence-corrected chi connectivity index (χ2v) is 3.68. The van der Waals surface area contributed by atoms with Crippen LogP contribution in [0.1, 0.15) is 19.3 Å². The van der Waals surface area contributed by atoms with E-state index in [2.05, 4.69) is 10.7 Å². The van der Waals surface area contributed by atoms with Crippen LogP contribution >= 0.6 is 12.2 Å². The Bertz CT molecular complexity index is 161. The summed E-state index contributed by atoms with van der Waals surface area (Å²) in [6, 6.07) is 0. The van der Waals surface area contributed by atoms with Crippen molar-refractivity contribution in [2.24, 2.45) is 11.8 Å². The number of hydrazine groups is 1. The predicted octanol–water partition coefficient (Wildman–Crippen LogP) is 0.141. The minimum absolute atomic E-state index is 0.488. The van der Waals surface area contributed by atoms with Crippen molar-refractivity contribution in [3.63, 3.8) is 0 Å². The van der Waals surface area contributed by atoms with Crippen LogP contribution in [0.2, 0.25) is 0 Å². The predicted molar refractivity (Wildman–Crippen MR) is 56.1 cm³/mol. The molecule has 0 aromatic heterocycles. The second kappa shape index (κ2) is 6.12. The van der Waals surface area contributed by atoms with Crippen LogP contribution in [0.4, 0.5) is 0 Å². The SMILES string of the molecule is NNC(=S)NCCCOCC1CC1. The molecule has 4 N–H and O–H groups in total. The smallest absolute Gasteiger partial charge is 0.180 e. The Morgan fingerprint density at radius 3 is 2.92 bits per heavy atom. The lowest BCUT2D eigenvalue weighted by Crippen LogP contribution is -2.40. The first-order valence-corrected chi connectivity index (χ1v) is 5.06. The van der Waals surface area contributed by atoms with Crippen molar-refractivity contribution in [3.8, 4) is 0 Å². The van der Waals surface area contributed by atoms with Crippen molar-refractivity contribution in [2.45, 2.75) is 19.3 Å². The van der Waals surface area contributed by atoms with Crippen molar-refractivity contribution < 1.29 is 4.74 Å². The standard InChI is InChI=1S/C8H17N3OS/c9-11-8(13)10-4-1-5-12-6-7-2-3-7/h7H,1-6,9H2,(H2,10,11,13). The van der Waals surface area contributed by atoms with E-state index in [0.717, 1.165) is 32.1 Å². The molecule has 0 radical (unpaired) electrons. The van der Waals surface area contributed by atoms with Crippen LogP contribution in [0, 0.1) is 5.92 Å². The zero-order valence-corrected chi connectivity index (χ0v) is 8.53. The van der Waals surface area contributed by atoms with E-state index in [1.807, 2.05) is 0 Å². The monoisotopic (exact) mass is 203 g/mol. The minimum atomic E-state index is 0.488. The van der Waals surface area contributed by atoms with Crippen LogP contribution in [0.25, 0.3) is 0 Å². The Balaban J connectivity index is 1.75. The number of hydrogen-bond acceptors (Lipinski definition) is 3. The van der Waals surface area contributed by atoms with Crippen LogP contribution in [0.15, 0.2) is 0 Å². The van der Waals surface area contributed by atoms with E-state index in [4.69, 9.17) is 22.8 Å². The average molecular weight is 203 g/mol. The van der Waals surface area contributed by atoms with E-state index >= 15 is 0 Å². The number of nitrogens with two attached hydrogens (primary N) is 1. The van der Waals surface area contributed by atoms with Crippen molar-refractivity contribution >= 4 is 17.3 Å². The average Bonchev–Trinajstić information content (AvgIpc) is 2.94. The van der Waals surface area contributed by atoms with Gasteiger partial charge < -0.3 is 15.5 Å². The number of hydrogen-bond donors (Lipinski definition) is 3. The molecule has 4 nitrogen and oxygen atoms in total. The van der Waals surface area contributed by atoms with E-state index in [0.29, 0.717) is 5.11 Å². The highest BCUT2D eigenvalue weighted by Crippen LogP contribution is 2.28. The summed E-state index contributed by atoms with van der Waals surface area (Å²) in [6.07, 6.45) is 3.66. The molecule has 5 heteroatoms. The number of ether oxygens (including phenoxy) is 1. The lowest BCUT2D eigenvalue weighted by atomic mass is 10.4. The molecule has 0 aliphatic heterocycles. The van der Waals surface area contributed by atoms with E-state index in [1.165, 1.54) is 12.8 Å². The zero-order chi connectivity index (χ0) is 9.52. The molecule has 76 valence electrons. The summed E-state index contributed by atoms with van der Waals surface area (Å²) >= 11 is 4.80. The fourth-order valence-corrected chi connectivity index (χ4v) is 1.06. The van der Waals surface area contributed by atoms with Gasteiger partial charge in [-0.15, -0.1) is 0 Å². The topological polar surface area (TPSA) is 59.3 Å². The third-order valence-electron chi connectivity index (χ3n) is 1.93. The summed E-state index contributed by atoms with van der Waals surface area (Å²) in [5.41, 5.74) is 2.36. The zero-order valence-electron chi connectivity index (χ0n) is 7.71. The first-order chi connectivity index (χ1) is 6.33. The first kappa shape index (κ1) is 10.7. The maximum absolute atomic E-state index is 5.44. The van der Waals surface area contributed by atoms with Crippen molar-refractivity contribution in [1.29, 1.82) is 0 Å². The Morgan fingerprint density at radius 1 is 1.54 bits per heavy atom. The van der Waals surface area contributed by atoms with Gasteiger partial charge in [0.25, 0.3) is 0 Å². The fourth-order valence-electron chi connectivity index (χ4n) is 0.962. The molecule has 0 aromatic carbocycles. The van der Waals surface area contributed by atoms with E-state index in [1.54, 1.807) is 0 Å². The fraction of sp³-hybridized carbons (Fsp3) is 0.875. The van der Waals surface area contributed by atoms with E-state index in [-0.39, 0.29) is 0 Å². The van der Waals surface area contributed by atoms with Crippen LogP contribution in [0.5, 0.6) is 0 Å². The molecule has 0 spiro atoms. The molecule has 13 heavy (non-hydrogen) atoms. The molecule has 0 aromatic rings. The molecule has 1 rings (SSSR count). The molecule has 1 fully saturated rings. The largest absolute Gasteiger partial charge is 0.381 e. The van der Waals surface area contributed by atoms with Gasteiger partial charge in [-0.25, -0.2) is 5.84 Å². The summed E-state index contributed by atoms with van der Waals surface area (Å²) in [5, 5.41) is 3.44. The summed E-state index contributed by atoms with van der Waals surface area (Å²) in [7, 11) is 0. The van der Waals surface area contributed by atoms with Gasteiger partial charge in [0.1, 0.15) is 0 Å².